The number of fused-ring (bicyclic) bond motifs is 1. The summed E-state index contributed by atoms with van der Waals surface area (Å²) >= 11 is 0. The number of aromatic nitrogens is 1. The molecule has 1 N–H and O–H groups in total. The highest BCUT2D eigenvalue weighted by molar-refractivity contribution is 6.70. The van der Waals surface area contributed by atoms with Crippen molar-refractivity contribution in [3.05, 3.63) is 30.5 Å². The van der Waals surface area contributed by atoms with Crippen LogP contribution in [0.4, 0.5) is 0 Å². The fourth-order valence-electron chi connectivity index (χ4n) is 1.46. The molecule has 0 unspecified atom stereocenters. The van der Waals surface area contributed by atoms with Crippen molar-refractivity contribution < 1.29 is 4.43 Å². The zero-order valence-corrected chi connectivity index (χ0v) is 9.79. The molecule has 74 valence electrons. The summed E-state index contributed by atoms with van der Waals surface area (Å²) < 4.78 is 5.96. The Hall–Kier alpha value is -1.22. The third-order valence-corrected chi connectivity index (χ3v) is 2.80. The van der Waals surface area contributed by atoms with Crippen LogP contribution in [0.15, 0.2) is 30.5 Å². The van der Waals surface area contributed by atoms with Crippen LogP contribution in [0.5, 0.6) is 5.75 Å². The summed E-state index contributed by atoms with van der Waals surface area (Å²) in [5.74, 6) is 0.986. The monoisotopic (exact) mass is 205 g/mol. The zero-order chi connectivity index (χ0) is 10.2. The van der Waals surface area contributed by atoms with Gasteiger partial charge in [-0.15, -0.1) is 0 Å². The average molecular weight is 205 g/mol. The quantitative estimate of drug-likeness (QED) is 0.747. The van der Waals surface area contributed by atoms with Crippen LogP contribution in [0.3, 0.4) is 0 Å². The highest BCUT2D eigenvalue weighted by Crippen LogP contribution is 2.26. The molecule has 0 aliphatic carbocycles. The first-order chi connectivity index (χ1) is 6.56. The molecule has 1 aromatic carbocycles. The van der Waals surface area contributed by atoms with Crippen LogP contribution in [0.25, 0.3) is 10.9 Å². The van der Waals surface area contributed by atoms with Gasteiger partial charge >= 0.3 is 0 Å². The van der Waals surface area contributed by atoms with Crippen molar-refractivity contribution in [1.82, 2.24) is 4.98 Å². The number of para-hydroxylation sites is 1. The van der Waals surface area contributed by atoms with E-state index < -0.39 is 8.32 Å². The zero-order valence-electron chi connectivity index (χ0n) is 8.79. The second-order valence-corrected chi connectivity index (χ2v) is 8.84. The maximum Gasteiger partial charge on any atom is 0.242 e. The van der Waals surface area contributed by atoms with Crippen LogP contribution >= 0.6 is 0 Å². The lowest BCUT2D eigenvalue weighted by molar-refractivity contribution is 0.564. The summed E-state index contributed by atoms with van der Waals surface area (Å²) in [7, 11) is -1.50. The molecule has 0 spiro atoms. The number of nitrogens with one attached hydrogen (secondary N) is 1. The standard InChI is InChI=1S/C11H15NOSi/c1-14(2,3)13-11-8-12-10-7-5-4-6-9(10)11/h4-8,12H,1-3H3. The number of hydrogen-bond acceptors (Lipinski definition) is 1. The molecule has 0 bridgehead atoms. The van der Waals surface area contributed by atoms with E-state index in [1.165, 1.54) is 5.39 Å². The first kappa shape index (κ1) is 9.34. The smallest absolute Gasteiger partial charge is 0.242 e. The first-order valence-electron chi connectivity index (χ1n) is 4.81. The highest BCUT2D eigenvalue weighted by atomic mass is 28.4. The number of rotatable bonds is 2. The predicted octanol–water partition coefficient (Wildman–Crippen LogP) is 3.38. The van der Waals surface area contributed by atoms with Gasteiger partial charge in [0.15, 0.2) is 0 Å². The van der Waals surface area contributed by atoms with Crippen LogP contribution in [0, 0.1) is 0 Å². The molecule has 0 aliphatic rings. The molecule has 2 nitrogen and oxygen atoms in total. The minimum Gasteiger partial charge on any atom is -0.543 e. The lowest BCUT2D eigenvalue weighted by Gasteiger charge is -2.18. The predicted molar refractivity (Wildman–Crippen MR) is 62.3 cm³/mol. The molecule has 2 rings (SSSR count). The molecule has 0 fully saturated rings. The van der Waals surface area contributed by atoms with Gasteiger partial charge < -0.3 is 9.41 Å². The van der Waals surface area contributed by atoms with E-state index in [0.29, 0.717) is 0 Å². The molecule has 0 amide bonds. The molecule has 0 saturated carbocycles. The number of hydrogen-bond donors (Lipinski definition) is 1. The Balaban J connectivity index is 2.44. The third kappa shape index (κ3) is 1.82. The van der Waals surface area contributed by atoms with Gasteiger partial charge in [-0.2, -0.15) is 0 Å². The SMILES string of the molecule is C[Si](C)(C)Oc1c[nH]c2ccccc12. The van der Waals surface area contributed by atoms with Crippen molar-refractivity contribution in [2.75, 3.05) is 0 Å². The molecule has 3 heteroatoms. The normalized spacial score (nSPS) is 11.9. The summed E-state index contributed by atoms with van der Waals surface area (Å²) in [6.45, 7) is 6.57. The summed E-state index contributed by atoms with van der Waals surface area (Å²) in [5, 5.41) is 1.18. The van der Waals surface area contributed by atoms with E-state index in [9.17, 15) is 0 Å². The van der Waals surface area contributed by atoms with Crippen LogP contribution in [0.2, 0.25) is 19.6 Å². The molecular weight excluding hydrogens is 190 g/mol. The summed E-state index contributed by atoms with van der Waals surface area (Å²) in [6, 6.07) is 8.21. The fraction of sp³-hybridized carbons (Fsp3) is 0.273. The minimum atomic E-state index is -1.50. The Kier molecular flexibility index (Phi) is 2.11. The van der Waals surface area contributed by atoms with E-state index in [1.807, 2.05) is 18.3 Å². The van der Waals surface area contributed by atoms with Crippen LogP contribution in [-0.2, 0) is 0 Å². The van der Waals surface area contributed by atoms with Gasteiger partial charge in [-0.25, -0.2) is 0 Å². The van der Waals surface area contributed by atoms with Crippen molar-refractivity contribution in [2.45, 2.75) is 19.6 Å². The van der Waals surface area contributed by atoms with E-state index >= 15 is 0 Å². The maximum absolute atomic E-state index is 5.96. The minimum absolute atomic E-state index is 0.986. The molecule has 0 saturated heterocycles. The Morgan fingerprint density at radius 1 is 1.14 bits per heavy atom. The highest BCUT2D eigenvalue weighted by Gasteiger charge is 2.17. The number of aromatic amines is 1. The second-order valence-electron chi connectivity index (χ2n) is 4.41. The van der Waals surface area contributed by atoms with E-state index in [4.69, 9.17) is 4.43 Å². The van der Waals surface area contributed by atoms with E-state index in [0.717, 1.165) is 11.3 Å². The molecule has 1 heterocycles. The average Bonchev–Trinajstić information content (AvgIpc) is 2.47. The van der Waals surface area contributed by atoms with E-state index in [2.05, 4.69) is 36.8 Å². The summed E-state index contributed by atoms with van der Waals surface area (Å²) in [5.41, 5.74) is 1.14. The van der Waals surface area contributed by atoms with Crippen molar-refractivity contribution >= 4 is 19.2 Å². The van der Waals surface area contributed by atoms with E-state index in [-0.39, 0.29) is 0 Å². The Labute approximate surface area is 85.0 Å². The lowest BCUT2D eigenvalue weighted by atomic mass is 10.2. The Morgan fingerprint density at radius 3 is 2.57 bits per heavy atom. The number of benzene rings is 1. The Bertz CT molecular complexity index is 442. The fourth-order valence-corrected chi connectivity index (χ4v) is 2.29. The van der Waals surface area contributed by atoms with Gasteiger partial charge in [0.2, 0.25) is 8.32 Å². The summed E-state index contributed by atoms with van der Waals surface area (Å²) in [4.78, 5) is 3.21. The van der Waals surface area contributed by atoms with Gasteiger partial charge in [0.1, 0.15) is 5.75 Å². The molecular formula is C11H15NOSi. The van der Waals surface area contributed by atoms with Crippen LogP contribution < -0.4 is 4.43 Å². The molecule has 0 aliphatic heterocycles. The Morgan fingerprint density at radius 2 is 1.86 bits per heavy atom. The van der Waals surface area contributed by atoms with Crippen molar-refractivity contribution in [1.29, 1.82) is 0 Å². The summed E-state index contributed by atoms with van der Waals surface area (Å²) in [6.07, 6.45) is 1.95. The molecule has 14 heavy (non-hydrogen) atoms. The number of H-pyrrole nitrogens is 1. The third-order valence-electron chi connectivity index (χ3n) is 1.97. The van der Waals surface area contributed by atoms with Gasteiger partial charge in [-0.05, 0) is 31.8 Å². The molecule has 2 aromatic rings. The van der Waals surface area contributed by atoms with Crippen molar-refractivity contribution in [3.8, 4) is 5.75 Å². The van der Waals surface area contributed by atoms with Gasteiger partial charge in [0.05, 0.1) is 0 Å². The molecule has 0 atom stereocenters. The van der Waals surface area contributed by atoms with Gasteiger partial charge in [-0.1, -0.05) is 12.1 Å². The van der Waals surface area contributed by atoms with Gasteiger partial charge in [0.25, 0.3) is 0 Å². The van der Waals surface area contributed by atoms with Crippen LogP contribution in [-0.4, -0.2) is 13.3 Å². The molecule has 0 radical (unpaired) electrons. The van der Waals surface area contributed by atoms with Crippen molar-refractivity contribution in [2.24, 2.45) is 0 Å². The second kappa shape index (κ2) is 3.17. The lowest BCUT2D eigenvalue weighted by Crippen LogP contribution is -2.29. The van der Waals surface area contributed by atoms with Gasteiger partial charge in [-0.3, -0.25) is 0 Å². The van der Waals surface area contributed by atoms with Crippen molar-refractivity contribution in [3.63, 3.8) is 0 Å². The maximum atomic E-state index is 5.96. The van der Waals surface area contributed by atoms with E-state index in [1.54, 1.807) is 0 Å². The first-order valence-corrected chi connectivity index (χ1v) is 8.22. The van der Waals surface area contributed by atoms with Gasteiger partial charge in [0, 0.05) is 17.1 Å². The largest absolute Gasteiger partial charge is 0.543 e. The molecule has 1 aromatic heterocycles. The topological polar surface area (TPSA) is 25.0 Å². The van der Waals surface area contributed by atoms with Crippen LogP contribution in [0.1, 0.15) is 0 Å².